The summed E-state index contributed by atoms with van der Waals surface area (Å²) in [6.45, 7) is 0. The summed E-state index contributed by atoms with van der Waals surface area (Å²) in [5.74, 6) is -0.661. The van der Waals surface area contributed by atoms with Crippen LogP contribution in [0.5, 0.6) is 0 Å². The minimum absolute atomic E-state index is 0.253. The highest BCUT2D eigenvalue weighted by molar-refractivity contribution is 7.77. The van der Waals surface area contributed by atoms with Gasteiger partial charge >= 0.3 is 5.97 Å². The first-order valence-corrected chi connectivity index (χ1v) is 6.41. The summed E-state index contributed by atoms with van der Waals surface area (Å²) in [6, 6.07) is 7.90. The molecule has 0 amide bonds. The molecule has 2 N–H and O–H groups in total. The Morgan fingerprint density at radius 2 is 2.12 bits per heavy atom. The van der Waals surface area contributed by atoms with E-state index in [-0.39, 0.29) is 12.5 Å². The van der Waals surface area contributed by atoms with Crippen molar-refractivity contribution in [2.45, 2.75) is 12.5 Å². The van der Waals surface area contributed by atoms with Gasteiger partial charge in [-0.15, -0.1) is 0 Å². The van der Waals surface area contributed by atoms with E-state index in [0.29, 0.717) is 0 Å². The van der Waals surface area contributed by atoms with Crippen molar-refractivity contribution in [1.82, 2.24) is 4.72 Å². The zero-order valence-electron chi connectivity index (χ0n) is 8.84. The van der Waals surface area contributed by atoms with Crippen LogP contribution in [0.4, 0.5) is 0 Å². The van der Waals surface area contributed by atoms with Crippen molar-refractivity contribution in [2.24, 2.45) is 0 Å². The highest BCUT2D eigenvalue weighted by atomic mass is 35.5. The third-order valence-electron chi connectivity index (χ3n) is 2.01. The lowest BCUT2D eigenvalue weighted by Crippen LogP contribution is -2.40. The van der Waals surface area contributed by atoms with Crippen LogP contribution in [-0.2, 0) is 27.2 Å². The van der Waals surface area contributed by atoms with Crippen LogP contribution in [0.1, 0.15) is 5.56 Å². The van der Waals surface area contributed by atoms with Gasteiger partial charge in [0.25, 0.3) is 0 Å². The predicted molar refractivity (Wildman–Crippen MR) is 64.7 cm³/mol. The number of ether oxygens (including phenoxy) is 1. The lowest BCUT2D eigenvalue weighted by molar-refractivity contribution is -0.143. The second-order valence-corrected chi connectivity index (χ2v) is 4.13. The average molecular weight is 278 g/mol. The molecule has 94 valence electrons. The number of nitrogens with one attached hydrogen (secondary N) is 1. The second kappa shape index (κ2) is 7.39. The molecule has 0 spiro atoms. The van der Waals surface area contributed by atoms with Crippen molar-refractivity contribution in [1.29, 1.82) is 0 Å². The van der Waals surface area contributed by atoms with Gasteiger partial charge in [-0.25, -0.2) is 4.21 Å². The smallest absolute Gasteiger partial charge is 0.325 e. The van der Waals surface area contributed by atoms with E-state index in [2.05, 4.69) is 9.46 Å². The Hall–Kier alpha value is -0.950. The van der Waals surface area contributed by atoms with E-state index in [1.165, 1.54) is 0 Å². The van der Waals surface area contributed by atoms with Crippen molar-refractivity contribution in [3.8, 4) is 0 Å². The minimum Gasteiger partial charge on any atom is -0.448 e. The summed E-state index contributed by atoms with van der Waals surface area (Å²) in [7, 11) is 0. The summed E-state index contributed by atoms with van der Waals surface area (Å²) in [4.78, 5) is 11.5. The molecule has 5 nitrogen and oxygen atoms in total. The average Bonchev–Trinajstić information content (AvgIpc) is 2.29. The number of rotatable bonds is 6. The maximum atomic E-state index is 11.5. The fraction of sp³-hybridized carbons (Fsp3) is 0.300. The molecule has 0 aliphatic carbocycles. The number of hydrogen-bond acceptors (Lipinski definition) is 3. The van der Waals surface area contributed by atoms with Gasteiger partial charge in [-0.2, -0.15) is 4.72 Å². The third-order valence-corrected chi connectivity index (χ3v) is 2.60. The quantitative estimate of drug-likeness (QED) is 0.463. The predicted octanol–water partition coefficient (Wildman–Crippen LogP) is 1.06. The summed E-state index contributed by atoms with van der Waals surface area (Å²) in [5, 5.41) is 0. The summed E-state index contributed by atoms with van der Waals surface area (Å²) >= 11 is 2.98. The Morgan fingerprint density at radius 3 is 2.65 bits per heavy atom. The fourth-order valence-corrected chi connectivity index (χ4v) is 1.83. The van der Waals surface area contributed by atoms with Crippen LogP contribution in [0.25, 0.3) is 0 Å². The second-order valence-electron chi connectivity index (χ2n) is 3.18. The number of halogens is 1. The molecule has 2 atom stereocenters. The van der Waals surface area contributed by atoms with Crippen molar-refractivity contribution >= 4 is 28.8 Å². The summed E-state index contributed by atoms with van der Waals surface area (Å²) in [5.41, 5.74) is 0.849. The number of alkyl halides is 1. The molecule has 0 saturated carbocycles. The molecule has 7 heteroatoms. The van der Waals surface area contributed by atoms with Crippen LogP contribution in [0.2, 0.25) is 0 Å². The molecule has 0 aliphatic heterocycles. The number of esters is 1. The Kier molecular flexibility index (Phi) is 6.13. The molecule has 0 bridgehead atoms. The Balaban J connectivity index is 2.70. The fourth-order valence-electron chi connectivity index (χ4n) is 1.30. The largest absolute Gasteiger partial charge is 0.448 e. The molecule has 0 aliphatic rings. The lowest BCUT2D eigenvalue weighted by Gasteiger charge is -2.14. The molecule has 0 aromatic heterocycles. The first kappa shape index (κ1) is 14.1. The maximum Gasteiger partial charge on any atom is 0.325 e. The van der Waals surface area contributed by atoms with E-state index < -0.39 is 23.3 Å². The molecule has 0 saturated heterocycles. The summed E-state index contributed by atoms with van der Waals surface area (Å²) in [6.07, 6.45) is 0.253. The van der Waals surface area contributed by atoms with E-state index >= 15 is 0 Å². The van der Waals surface area contributed by atoms with Crippen molar-refractivity contribution in [3.05, 3.63) is 35.9 Å². The van der Waals surface area contributed by atoms with Gasteiger partial charge in [-0.05, 0) is 12.0 Å². The van der Waals surface area contributed by atoms with Gasteiger partial charge in [0.05, 0.1) is 0 Å². The van der Waals surface area contributed by atoms with E-state index in [0.717, 1.165) is 5.56 Å². The Morgan fingerprint density at radius 1 is 1.47 bits per heavy atom. The molecule has 1 rings (SSSR count). The molecule has 0 radical (unpaired) electrons. The number of carbonyl (C=O) groups excluding carboxylic acids is 1. The van der Waals surface area contributed by atoms with Gasteiger partial charge in [0, 0.05) is 0 Å². The van der Waals surface area contributed by atoms with Crippen LogP contribution in [0.3, 0.4) is 0 Å². The number of carbonyl (C=O) groups is 1. The van der Waals surface area contributed by atoms with Crippen LogP contribution in [0, 0.1) is 0 Å². The van der Waals surface area contributed by atoms with Gasteiger partial charge in [0.15, 0.2) is 6.07 Å². The SMILES string of the molecule is O=C(OCCl)[C@H](Cc1ccccc1)NS(=O)O. The van der Waals surface area contributed by atoms with Crippen LogP contribution < -0.4 is 4.72 Å². The van der Waals surface area contributed by atoms with Crippen LogP contribution in [0.15, 0.2) is 30.3 Å². The van der Waals surface area contributed by atoms with Crippen molar-refractivity contribution in [3.63, 3.8) is 0 Å². The van der Waals surface area contributed by atoms with E-state index in [9.17, 15) is 9.00 Å². The number of benzene rings is 1. The highest BCUT2D eigenvalue weighted by Gasteiger charge is 2.21. The molecule has 17 heavy (non-hydrogen) atoms. The van der Waals surface area contributed by atoms with E-state index in [1.807, 2.05) is 30.3 Å². The molecule has 1 aromatic carbocycles. The number of hydrogen-bond donors (Lipinski definition) is 2. The topological polar surface area (TPSA) is 75.6 Å². The van der Waals surface area contributed by atoms with Gasteiger partial charge in [-0.1, -0.05) is 41.9 Å². The zero-order valence-corrected chi connectivity index (χ0v) is 10.4. The monoisotopic (exact) mass is 277 g/mol. The summed E-state index contributed by atoms with van der Waals surface area (Å²) < 4.78 is 26.2. The molecule has 0 heterocycles. The minimum atomic E-state index is -2.29. The maximum absolute atomic E-state index is 11.5. The first-order valence-electron chi connectivity index (χ1n) is 4.77. The third kappa shape index (κ3) is 5.27. The zero-order chi connectivity index (χ0) is 12.7. The highest BCUT2D eigenvalue weighted by Crippen LogP contribution is 2.05. The molecule has 1 unspecified atom stereocenters. The van der Waals surface area contributed by atoms with Crippen molar-refractivity contribution < 1.29 is 18.3 Å². The van der Waals surface area contributed by atoms with Gasteiger partial charge in [-0.3, -0.25) is 9.35 Å². The molecular weight excluding hydrogens is 266 g/mol. The normalized spacial score (nSPS) is 14.0. The first-order chi connectivity index (χ1) is 8.13. The molecule has 1 aromatic rings. The van der Waals surface area contributed by atoms with E-state index in [4.69, 9.17) is 16.2 Å². The molecule has 0 fully saturated rings. The Labute approximate surface area is 107 Å². The molecular formula is C10H12ClNO4S. The van der Waals surface area contributed by atoms with Crippen molar-refractivity contribution in [2.75, 3.05) is 6.07 Å². The van der Waals surface area contributed by atoms with Gasteiger partial charge in [0.1, 0.15) is 6.04 Å². The van der Waals surface area contributed by atoms with E-state index in [1.54, 1.807) is 0 Å². The Bertz CT molecular complexity index is 387. The lowest BCUT2D eigenvalue weighted by atomic mass is 10.1. The van der Waals surface area contributed by atoms with Crippen LogP contribution in [-0.4, -0.2) is 26.8 Å². The standard InChI is InChI=1S/C10H12ClNO4S/c11-7-16-10(13)9(12-17(14)15)6-8-4-2-1-3-5-8/h1-5,9,12H,6-7H2,(H,14,15)/t9-/m0/s1. The van der Waals surface area contributed by atoms with Gasteiger partial charge in [0.2, 0.25) is 11.3 Å². The van der Waals surface area contributed by atoms with Crippen LogP contribution >= 0.6 is 11.6 Å². The van der Waals surface area contributed by atoms with Gasteiger partial charge < -0.3 is 4.74 Å².